The average Bonchev–Trinajstić information content (AvgIpc) is 1.66. The Bertz CT molecular complexity index is 4770. The van der Waals surface area contributed by atoms with E-state index in [9.17, 15) is 75.8 Å². The number of ether oxygens (including phenoxy) is 1. The first-order valence-corrected chi connectivity index (χ1v) is 33.7. The van der Waals surface area contributed by atoms with Crippen molar-refractivity contribution in [2.24, 2.45) is 30.7 Å². The van der Waals surface area contributed by atoms with Crippen LogP contribution in [0.1, 0.15) is 35.1 Å². The smallest absolute Gasteiger partial charge is 0.425 e. The number of fused-ring (bicyclic) bond motifs is 6. The van der Waals surface area contributed by atoms with Crippen LogP contribution in [0.5, 0.6) is 11.6 Å². The SMILES string of the molecule is CS(=O)(=O)O.Cc1cc(N=Nc2cc(OCCCS(=O)(=O)O)c(N=Nc3c(C)c(C#N)c4nc5ccccc5n4c3O)cc2CO)c(SCCCS(=O)(=O)O)cc1N=Nc1nc2c(S(=O)(=O)O)cc3ccc(S(=O)(=O)O)cc3c2s1.O=S(=O)=O. The first-order valence-electron chi connectivity index (χ1n) is 22.9. The van der Waals surface area contributed by atoms with E-state index in [0.29, 0.717) is 27.7 Å². The summed E-state index contributed by atoms with van der Waals surface area (Å²) >= 11 is 1.90. The van der Waals surface area contributed by atoms with Crippen LogP contribution in [0.25, 0.3) is 37.7 Å². The van der Waals surface area contributed by atoms with E-state index in [0.717, 1.165) is 41.3 Å². The Balaban J connectivity index is 0.00000117. The third kappa shape index (κ3) is 17.6. The number of thiazole rings is 1. The van der Waals surface area contributed by atoms with Crippen molar-refractivity contribution in [3.05, 3.63) is 95.1 Å². The highest BCUT2D eigenvalue weighted by atomic mass is 32.2. The molecule has 0 bridgehead atoms. The number of hydrogen-bond donors (Lipinski definition) is 7. The lowest BCUT2D eigenvalue weighted by molar-refractivity contribution is 0.281. The molecule has 3 aromatic heterocycles. The largest absolute Gasteiger partial charge is 0.493 e. The van der Waals surface area contributed by atoms with Gasteiger partial charge in [-0.25, -0.2) is 9.97 Å². The van der Waals surface area contributed by atoms with Crippen molar-refractivity contribution < 1.29 is 92.4 Å². The van der Waals surface area contributed by atoms with Crippen LogP contribution in [0, 0.1) is 25.2 Å². The summed E-state index contributed by atoms with van der Waals surface area (Å²) in [4.78, 5) is 8.02. The molecule has 0 aliphatic carbocycles. The van der Waals surface area contributed by atoms with Crippen LogP contribution >= 0.6 is 23.1 Å². The zero-order valence-electron chi connectivity index (χ0n) is 43.0. The number of aliphatic hydroxyl groups excluding tert-OH is 1. The summed E-state index contributed by atoms with van der Waals surface area (Å²) in [7, 11) is -25.0. The zero-order valence-corrected chi connectivity index (χ0v) is 49.5. The fraction of sp³-hybridized carbons (Fsp3) is 0.222. The normalized spacial score (nSPS) is 12.5. The topological polar surface area (TPSA) is 501 Å². The molecule has 0 spiro atoms. The molecule has 31 nitrogen and oxygen atoms in total. The van der Waals surface area contributed by atoms with Gasteiger partial charge in [-0.05, 0) is 91.9 Å². The quantitative estimate of drug-likeness (QED) is 0.0173. The van der Waals surface area contributed by atoms with Gasteiger partial charge in [0, 0.05) is 27.5 Å². The van der Waals surface area contributed by atoms with Gasteiger partial charge in [0.15, 0.2) is 11.3 Å². The molecule has 0 amide bonds. The highest BCUT2D eigenvalue weighted by molar-refractivity contribution is 7.99. The van der Waals surface area contributed by atoms with Crippen molar-refractivity contribution in [2.45, 2.75) is 48.0 Å². The summed E-state index contributed by atoms with van der Waals surface area (Å²) in [5.41, 5.74) is 2.04. The number of hydrogen-bond acceptors (Lipinski definition) is 27. The lowest BCUT2D eigenvalue weighted by Gasteiger charge is -2.13. The third-order valence-corrected chi connectivity index (χ3v) is 16.4. The summed E-state index contributed by atoms with van der Waals surface area (Å²) < 4.78 is 192. The maximum Gasteiger partial charge on any atom is 0.425 e. The van der Waals surface area contributed by atoms with Crippen LogP contribution in [-0.4, -0.2) is 132 Å². The molecule has 0 unspecified atom stereocenters. The monoisotopic (exact) mass is 1310 g/mol. The molecule has 0 saturated heterocycles. The van der Waals surface area contributed by atoms with Gasteiger partial charge < -0.3 is 14.9 Å². The van der Waals surface area contributed by atoms with Gasteiger partial charge in [-0.1, -0.05) is 29.5 Å². The van der Waals surface area contributed by atoms with Gasteiger partial charge >= 0.3 is 10.6 Å². The minimum Gasteiger partial charge on any atom is -0.493 e. The van der Waals surface area contributed by atoms with Crippen LogP contribution in [0.2, 0.25) is 0 Å². The minimum absolute atomic E-state index is 0.00921. The van der Waals surface area contributed by atoms with Crippen molar-refractivity contribution in [1.29, 1.82) is 5.26 Å². The van der Waals surface area contributed by atoms with Crippen molar-refractivity contribution in [3.8, 4) is 17.7 Å². The molecule has 0 atom stereocenters. The summed E-state index contributed by atoms with van der Waals surface area (Å²) in [6.45, 7) is 2.24. The lowest BCUT2D eigenvalue weighted by Crippen LogP contribution is -2.08. The molecule has 8 aromatic rings. The maximum absolute atomic E-state index is 12.4. The second kappa shape index (κ2) is 26.7. The van der Waals surface area contributed by atoms with E-state index in [-0.39, 0.29) is 108 Å². The minimum atomic E-state index is -4.87. The molecular formula is C45H42N10O21S8. The van der Waals surface area contributed by atoms with E-state index in [1.54, 1.807) is 44.2 Å². The summed E-state index contributed by atoms with van der Waals surface area (Å²) in [6, 6.07) is 19.2. The fourth-order valence-electron chi connectivity index (χ4n) is 7.48. The van der Waals surface area contributed by atoms with Gasteiger partial charge in [0.1, 0.15) is 33.5 Å². The molecule has 0 aliphatic rings. The Morgan fingerprint density at radius 2 is 1.36 bits per heavy atom. The number of nitrogens with zero attached hydrogens (tertiary/aromatic N) is 10. The number of thioether (sulfide) groups is 1. The Kier molecular flexibility index (Phi) is 20.9. The van der Waals surface area contributed by atoms with Gasteiger partial charge in [-0.3, -0.25) is 27.2 Å². The number of aryl methyl sites for hydroxylation is 1. The van der Waals surface area contributed by atoms with Crippen LogP contribution < -0.4 is 4.74 Å². The summed E-state index contributed by atoms with van der Waals surface area (Å²) in [5.74, 6) is -1.56. The zero-order chi connectivity index (χ0) is 62.3. The number of para-hydroxylation sites is 2. The first kappa shape index (κ1) is 65.7. The molecule has 39 heteroatoms. The number of benzene rings is 5. The number of aromatic nitrogens is 3. The molecule has 7 N–H and O–H groups in total. The second-order valence-electron chi connectivity index (χ2n) is 17.2. The van der Waals surface area contributed by atoms with Crippen molar-refractivity contribution in [2.75, 3.05) is 30.1 Å². The Labute approximate surface area is 486 Å². The van der Waals surface area contributed by atoms with Crippen molar-refractivity contribution in [3.63, 3.8) is 0 Å². The second-order valence-corrected chi connectivity index (χ2v) is 27.1. The van der Waals surface area contributed by atoms with Crippen LogP contribution in [0.3, 0.4) is 0 Å². The number of aliphatic hydroxyl groups is 1. The predicted molar refractivity (Wildman–Crippen MR) is 302 cm³/mol. The number of rotatable bonds is 19. The Morgan fingerprint density at radius 1 is 0.738 bits per heavy atom. The van der Waals surface area contributed by atoms with Gasteiger partial charge in [0.2, 0.25) is 11.0 Å². The van der Waals surface area contributed by atoms with Gasteiger partial charge in [-0.15, -0.1) is 50.0 Å². The fourth-order valence-corrected chi connectivity index (χ4v) is 11.8. The molecule has 446 valence electrons. The molecule has 0 aliphatic heterocycles. The highest BCUT2D eigenvalue weighted by Crippen LogP contribution is 2.44. The number of azo groups is 3. The number of aromatic hydroxyl groups is 1. The van der Waals surface area contributed by atoms with Crippen LogP contribution in [-0.2, 0) is 67.8 Å². The van der Waals surface area contributed by atoms with Crippen LogP contribution in [0.4, 0.5) is 33.6 Å². The average molecular weight is 1320 g/mol. The Morgan fingerprint density at radius 3 is 1.98 bits per heavy atom. The van der Waals surface area contributed by atoms with Gasteiger partial charge in [0.25, 0.3) is 50.6 Å². The van der Waals surface area contributed by atoms with Crippen LogP contribution in [0.15, 0.2) is 118 Å². The number of pyridine rings is 1. The number of imidazole rings is 1. The van der Waals surface area contributed by atoms with Crippen molar-refractivity contribution in [1.82, 2.24) is 14.4 Å². The molecule has 3 heterocycles. The Hall–Kier alpha value is -7.43. The van der Waals surface area contributed by atoms with Gasteiger partial charge in [0.05, 0.1) is 68.7 Å². The molecule has 0 saturated carbocycles. The molecule has 84 heavy (non-hydrogen) atoms. The summed E-state index contributed by atoms with van der Waals surface area (Å²) in [5, 5.41) is 58.4. The van der Waals surface area contributed by atoms with E-state index in [1.165, 1.54) is 28.7 Å². The van der Waals surface area contributed by atoms with E-state index >= 15 is 0 Å². The van der Waals surface area contributed by atoms with E-state index in [2.05, 4.69) is 46.7 Å². The van der Waals surface area contributed by atoms with E-state index in [1.807, 2.05) is 0 Å². The molecule has 5 aromatic carbocycles. The van der Waals surface area contributed by atoms with E-state index < -0.39 is 95.0 Å². The molecule has 0 radical (unpaired) electrons. The first-order chi connectivity index (χ1) is 39.1. The predicted octanol–water partition coefficient (Wildman–Crippen LogP) is 8.20. The van der Waals surface area contributed by atoms with Gasteiger partial charge in [-0.2, -0.15) is 52.5 Å². The number of nitriles is 1. The van der Waals surface area contributed by atoms with E-state index in [4.69, 9.17) is 21.9 Å². The molecule has 8 rings (SSSR count). The maximum atomic E-state index is 12.4. The molecule has 0 fully saturated rings. The third-order valence-electron chi connectivity index (χ3n) is 11.0. The standard InChI is InChI=1S/C44H38N10O15S6.CH4O3S.O3S/c1-23-15-34(37(70-12-6-14-73(60,61)62)20-31(23)48-53-44-47-40-38(75(66,67)68)17-25-9-10-27(74(63,64)65)18-28(25)41(40)71-44)51-49-32-19-36(69-11-5-13-72(57,58)59)33(16-26(32)22-55)50-52-39-24(2)29(21-45)42-46-30-7-3-4-8-35(30)54(42)43(39)56;1-5(2,3)4;1-4(2)3/h3-4,7-10,15-20,55-56H,5-6,11-14,22H2,1-2H3,(H,57,58,59)(H,60,61,62)(H,63,64,65)(H,66,67,68);1H3,(H,2,3,4);. The highest BCUT2D eigenvalue weighted by Gasteiger charge is 2.24. The lowest BCUT2D eigenvalue weighted by atomic mass is 10.1. The van der Waals surface area contributed by atoms with Crippen molar-refractivity contribution >= 4 is 156 Å². The summed E-state index contributed by atoms with van der Waals surface area (Å²) in [6.07, 6.45) is 0.530. The molecular weight excluding hydrogens is 1270 g/mol.